The van der Waals surface area contributed by atoms with Gasteiger partial charge in [0.05, 0.1) is 12.1 Å². The van der Waals surface area contributed by atoms with E-state index < -0.39 is 0 Å². The summed E-state index contributed by atoms with van der Waals surface area (Å²) in [5.41, 5.74) is 2.33. The highest BCUT2D eigenvalue weighted by Gasteiger charge is 2.00. The molecule has 3 nitrogen and oxygen atoms in total. The first kappa shape index (κ1) is 14.3. The molecule has 19 heavy (non-hydrogen) atoms. The Balaban J connectivity index is 1.78. The van der Waals surface area contributed by atoms with Gasteiger partial charge in [-0.05, 0) is 30.7 Å². The topological polar surface area (TPSA) is 34.1 Å². The lowest BCUT2D eigenvalue weighted by atomic mass is 10.1. The summed E-state index contributed by atoms with van der Waals surface area (Å²) in [5.74, 6) is 0.566. The number of hydrogen-bond acceptors (Lipinski definition) is 3. The highest BCUT2D eigenvalue weighted by atomic mass is 35.5. The fourth-order valence-electron chi connectivity index (χ4n) is 1.99. The van der Waals surface area contributed by atoms with Crippen molar-refractivity contribution in [1.82, 2.24) is 10.3 Å². The number of nitrogens with one attached hydrogen (secondary N) is 1. The molecular formula is C15H19ClN2O. The van der Waals surface area contributed by atoms with E-state index in [2.05, 4.69) is 22.4 Å². The molecule has 4 heteroatoms. The molecule has 0 spiro atoms. The van der Waals surface area contributed by atoms with Gasteiger partial charge < -0.3 is 10.1 Å². The average Bonchev–Trinajstić information content (AvgIpc) is 2.46. The fraction of sp³-hybridized carbons (Fsp3) is 0.400. The second-order valence-corrected chi connectivity index (χ2v) is 4.70. The number of benzene rings is 1. The first-order valence-electron chi connectivity index (χ1n) is 6.59. The quantitative estimate of drug-likeness (QED) is 0.595. The molecule has 1 aromatic carbocycles. The molecule has 1 heterocycles. The monoisotopic (exact) mass is 278 g/mol. The van der Waals surface area contributed by atoms with E-state index in [1.807, 2.05) is 24.4 Å². The van der Waals surface area contributed by atoms with Crippen molar-refractivity contribution >= 4 is 22.5 Å². The lowest BCUT2D eigenvalue weighted by Crippen LogP contribution is -2.16. The van der Waals surface area contributed by atoms with Crippen LogP contribution >= 0.6 is 11.6 Å². The van der Waals surface area contributed by atoms with Crippen molar-refractivity contribution in [3.63, 3.8) is 0 Å². The number of nitrogens with zero attached hydrogens (tertiary/aromatic N) is 1. The maximum atomic E-state index is 5.53. The molecule has 0 bridgehead atoms. The number of hydrogen-bond donors (Lipinski definition) is 1. The molecule has 0 amide bonds. The Morgan fingerprint density at radius 1 is 1.16 bits per heavy atom. The first-order chi connectivity index (χ1) is 9.42. The first-order valence-corrected chi connectivity index (χ1v) is 7.12. The standard InChI is InChI=1S/C15H19ClN2O/c16-7-11-19-10-3-8-17-12-13-6-9-18-15-5-2-1-4-14(13)15/h1-2,4-6,9,17H,3,7-8,10-12H2. The maximum absolute atomic E-state index is 5.53. The Kier molecular flexibility index (Phi) is 6.08. The molecule has 0 fully saturated rings. The van der Waals surface area contributed by atoms with Crippen LogP contribution in [0.15, 0.2) is 36.5 Å². The van der Waals surface area contributed by atoms with Crippen LogP contribution in [0.25, 0.3) is 10.9 Å². The van der Waals surface area contributed by atoms with Crippen LogP contribution < -0.4 is 5.32 Å². The van der Waals surface area contributed by atoms with Gasteiger partial charge in [0.25, 0.3) is 0 Å². The highest BCUT2D eigenvalue weighted by molar-refractivity contribution is 6.17. The molecule has 0 aliphatic heterocycles. The molecule has 102 valence electrons. The van der Waals surface area contributed by atoms with Gasteiger partial charge in [0, 0.05) is 30.6 Å². The Bertz CT molecular complexity index is 499. The third kappa shape index (κ3) is 4.46. The summed E-state index contributed by atoms with van der Waals surface area (Å²) < 4.78 is 5.32. The van der Waals surface area contributed by atoms with E-state index in [4.69, 9.17) is 16.3 Å². The molecular weight excluding hydrogens is 260 g/mol. The average molecular weight is 279 g/mol. The molecule has 0 radical (unpaired) electrons. The minimum absolute atomic E-state index is 0.566. The smallest absolute Gasteiger partial charge is 0.0705 e. The summed E-state index contributed by atoms with van der Waals surface area (Å²) >= 11 is 5.53. The number of para-hydroxylation sites is 1. The summed E-state index contributed by atoms with van der Waals surface area (Å²) in [6.07, 6.45) is 2.86. The predicted octanol–water partition coefficient (Wildman–Crippen LogP) is 2.97. The number of alkyl halides is 1. The van der Waals surface area contributed by atoms with E-state index in [0.29, 0.717) is 12.5 Å². The summed E-state index contributed by atoms with van der Waals surface area (Å²) in [4.78, 5) is 4.36. The van der Waals surface area contributed by atoms with Crippen molar-refractivity contribution in [2.24, 2.45) is 0 Å². The fourth-order valence-corrected chi connectivity index (χ4v) is 2.10. The molecule has 0 aliphatic rings. The van der Waals surface area contributed by atoms with Crippen molar-refractivity contribution < 1.29 is 4.74 Å². The van der Waals surface area contributed by atoms with Crippen molar-refractivity contribution in [1.29, 1.82) is 0 Å². The normalized spacial score (nSPS) is 11.0. The molecule has 0 atom stereocenters. The molecule has 2 aromatic rings. The van der Waals surface area contributed by atoms with E-state index >= 15 is 0 Å². The second-order valence-electron chi connectivity index (χ2n) is 4.32. The Labute approximate surface area is 118 Å². The minimum Gasteiger partial charge on any atom is -0.380 e. The van der Waals surface area contributed by atoms with Crippen LogP contribution in [0.4, 0.5) is 0 Å². The van der Waals surface area contributed by atoms with Crippen LogP contribution in [0.3, 0.4) is 0 Å². The van der Waals surface area contributed by atoms with E-state index in [9.17, 15) is 0 Å². The van der Waals surface area contributed by atoms with E-state index in [-0.39, 0.29) is 0 Å². The maximum Gasteiger partial charge on any atom is 0.0705 e. The minimum atomic E-state index is 0.566. The van der Waals surface area contributed by atoms with Gasteiger partial charge in [-0.3, -0.25) is 4.98 Å². The second kappa shape index (κ2) is 8.10. The van der Waals surface area contributed by atoms with Gasteiger partial charge >= 0.3 is 0 Å². The summed E-state index contributed by atoms with van der Waals surface area (Å²) in [5, 5.41) is 4.65. The Morgan fingerprint density at radius 3 is 2.95 bits per heavy atom. The molecule has 0 saturated carbocycles. The van der Waals surface area contributed by atoms with Gasteiger partial charge in [-0.2, -0.15) is 0 Å². The van der Waals surface area contributed by atoms with E-state index in [1.165, 1.54) is 10.9 Å². The zero-order valence-electron chi connectivity index (χ0n) is 10.9. The van der Waals surface area contributed by atoms with Gasteiger partial charge in [0.15, 0.2) is 0 Å². The van der Waals surface area contributed by atoms with Gasteiger partial charge in [-0.15, -0.1) is 11.6 Å². The summed E-state index contributed by atoms with van der Waals surface area (Å²) in [6, 6.07) is 10.3. The van der Waals surface area contributed by atoms with Crippen molar-refractivity contribution in [3.8, 4) is 0 Å². The molecule has 1 N–H and O–H groups in total. The number of ether oxygens (including phenoxy) is 1. The van der Waals surface area contributed by atoms with Crippen LogP contribution in [-0.4, -0.2) is 30.6 Å². The SMILES string of the molecule is ClCCOCCCNCc1ccnc2ccccc12. The van der Waals surface area contributed by atoms with Crippen molar-refractivity contribution in [2.75, 3.05) is 25.6 Å². The number of pyridine rings is 1. The van der Waals surface area contributed by atoms with Crippen LogP contribution in [0.5, 0.6) is 0 Å². The van der Waals surface area contributed by atoms with Crippen LogP contribution in [0, 0.1) is 0 Å². The number of aromatic nitrogens is 1. The number of fused-ring (bicyclic) bond motifs is 1. The summed E-state index contributed by atoms with van der Waals surface area (Å²) in [6.45, 7) is 3.20. The summed E-state index contributed by atoms with van der Waals surface area (Å²) in [7, 11) is 0. The van der Waals surface area contributed by atoms with Gasteiger partial charge in [0.2, 0.25) is 0 Å². The Hall–Kier alpha value is -1.16. The van der Waals surface area contributed by atoms with Gasteiger partial charge in [-0.1, -0.05) is 18.2 Å². The number of rotatable bonds is 8. The lowest BCUT2D eigenvalue weighted by Gasteiger charge is -2.08. The predicted molar refractivity (Wildman–Crippen MR) is 79.6 cm³/mol. The molecule has 0 aliphatic carbocycles. The zero-order valence-corrected chi connectivity index (χ0v) is 11.7. The molecule has 0 unspecified atom stereocenters. The molecule has 2 rings (SSSR count). The van der Waals surface area contributed by atoms with Crippen LogP contribution in [0.1, 0.15) is 12.0 Å². The van der Waals surface area contributed by atoms with E-state index in [1.54, 1.807) is 0 Å². The molecule has 0 saturated heterocycles. The van der Waals surface area contributed by atoms with Gasteiger partial charge in [0.1, 0.15) is 0 Å². The van der Waals surface area contributed by atoms with Crippen molar-refractivity contribution in [2.45, 2.75) is 13.0 Å². The Morgan fingerprint density at radius 2 is 2.05 bits per heavy atom. The van der Waals surface area contributed by atoms with Crippen LogP contribution in [0.2, 0.25) is 0 Å². The van der Waals surface area contributed by atoms with Gasteiger partial charge in [-0.25, -0.2) is 0 Å². The van der Waals surface area contributed by atoms with Crippen molar-refractivity contribution in [3.05, 3.63) is 42.1 Å². The third-order valence-electron chi connectivity index (χ3n) is 2.92. The van der Waals surface area contributed by atoms with E-state index in [0.717, 1.165) is 31.6 Å². The lowest BCUT2D eigenvalue weighted by molar-refractivity contribution is 0.146. The number of halogens is 1. The largest absolute Gasteiger partial charge is 0.380 e. The highest BCUT2D eigenvalue weighted by Crippen LogP contribution is 2.15. The van der Waals surface area contributed by atoms with Crippen LogP contribution in [-0.2, 0) is 11.3 Å². The zero-order chi connectivity index (χ0) is 13.3. The third-order valence-corrected chi connectivity index (χ3v) is 3.07. The molecule has 1 aromatic heterocycles.